The number of anilines is 1. The molecule has 168 valence electrons. The third-order valence-electron chi connectivity index (χ3n) is 7.20. The van der Waals surface area contributed by atoms with Gasteiger partial charge in [0.1, 0.15) is 5.65 Å². The van der Waals surface area contributed by atoms with Crippen LogP contribution in [-0.2, 0) is 4.79 Å². The molecule has 0 N–H and O–H groups in total. The number of piperidine rings is 1. The molecular weight excluding hydrogens is 398 g/mol. The highest BCUT2D eigenvalue weighted by Crippen LogP contribution is 2.32. The van der Waals surface area contributed by atoms with Crippen LogP contribution >= 0.6 is 0 Å². The van der Waals surface area contributed by atoms with E-state index < -0.39 is 0 Å². The van der Waals surface area contributed by atoms with Gasteiger partial charge in [0.15, 0.2) is 0 Å². The lowest BCUT2D eigenvalue weighted by atomic mass is 9.95. The van der Waals surface area contributed by atoms with Gasteiger partial charge >= 0.3 is 0 Å². The molecule has 2 saturated heterocycles. The molecular formula is C26H33N5O. The fourth-order valence-corrected chi connectivity index (χ4v) is 5.13. The average Bonchev–Trinajstić information content (AvgIpc) is 3.16. The van der Waals surface area contributed by atoms with E-state index in [-0.39, 0.29) is 5.92 Å². The van der Waals surface area contributed by atoms with E-state index in [9.17, 15) is 4.79 Å². The normalized spacial score (nSPS) is 20.2. The van der Waals surface area contributed by atoms with Crippen LogP contribution in [0.1, 0.15) is 24.1 Å². The summed E-state index contributed by atoms with van der Waals surface area (Å²) in [6.45, 7) is 9.74. The van der Waals surface area contributed by atoms with Gasteiger partial charge < -0.3 is 19.1 Å². The van der Waals surface area contributed by atoms with Crippen LogP contribution in [0, 0.1) is 19.8 Å². The van der Waals surface area contributed by atoms with Gasteiger partial charge in [-0.25, -0.2) is 4.98 Å². The Bertz CT molecular complexity index is 1130. The van der Waals surface area contributed by atoms with E-state index in [0.717, 1.165) is 69.1 Å². The van der Waals surface area contributed by atoms with E-state index in [4.69, 9.17) is 4.98 Å². The smallest absolute Gasteiger partial charge is 0.227 e. The van der Waals surface area contributed by atoms with Crippen LogP contribution in [0.5, 0.6) is 0 Å². The lowest BCUT2D eigenvalue weighted by Gasteiger charge is -2.39. The maximum Gasteiger partial charge on any atom is 0.227 e. The summed E-state index contributed by atoms with van der Waals surface area (Å²) < 4.78 is 2.15. The molecule has 2 aliphatic rings. The van der Waals surface area contributed by atoms with E-state index in [0.29, 0.717) is 5.91 Å². The number of likely N-dealkylation sites (N-methyl/N-ethyl adjacent to an activating group) is 1. The summed E-state index contributed by atoms with van der Waals surface area (Å²) in [6, 6.07) is 12.8. The van der Waals surface area contributed by atoms with Crippen LogP contribution in [0.4, 0.5) is 5.69 Å². The van der Waals surface area contributed by atoms with Gasteiger partial charge in [0.2, 0.25) is 5.91 Å². The van der Waals surface area contributed by atoms with Gasteiger partial charge in [0, 0.05) is 62.4 Å². The zero-order valence-electron chi connectivity index (χ0n) is 19.4. The highest BCUT2D eigenvalue weighted by atomic mass is 16.2. The molecule has 3 aromatic rings. The van der Waals surface area contributed by atoms with Crippen LogP contribution in [0.25, 0.3) is 16.9 Å². The fraction of sp³-hybridized carbons (Fsp3) is 0.462. The molecule has 2 fully saturated rings. The molecule has 2 aliphatic heterocycles. The quantitative estimate of drug-likeness (QED) is 0.636. The molecule has 0 saturated carbocycles. The molecule has 6 nitrogen and oxygen atoms in total. The number of piperazine rings is 1. The number of fused-ring (bicyclic) bond motifs is 1. The molecule has 1 unspecified atom stereocenters. The van der Waals surface area contributed by atoms with Crippen LogP contribution in [0.15, 0.2) is 42.6 Å². The zero-order valence-corrected chi connectivity index (χ0v) is 19.4. The molecule has 4 heterocycles. The van der Waals surface area contributed by atoms with Crippen LogP contribution < -0.4 is 4.90 Å². The van der Waals surface area contributed by atoms with Gasteiger partial charge in [-0.15, -0.1) is 0 Å². The van der Waals surface area contributed by atoms with E-state index in [2.05, 4.69) is 70.5 Å². The zero-order chi connectivity index (χ0) is 22.2. The number of carbonyl (C=O) groups is 1. The summed E-state index contributed by atoms with van der Waals surface area (Å²) in [5.74, 6) is 0.431. The second-order valence-corrected chi connectivity index (χ2v) is 9.39. The number of carbonyl (C=O) groups excluding carboxylic acids is 1. The number of aryl methyl sites for hydroxylation is 2. The second kappa shape index (κ2) is 8.58. The van der Waals surface area contributed by atoms with Crippen LogP contribution in [0.2, 0.25) is 0 Å². The topological polar surface area (TPSA) is 44.1 Å². The molecule has 32 heavy (non-hydrogen) atoms. The Hall–Kier alpha value is -2.86. The first kappa shape index (κ1) is 21.0. The van der Waals surface area contributed by atoms with Gasteiger partial charge in [0.25, 0.3) is 0 Å². The molecule has 1 atom stereocenters. The van der Waals surface area contributed by atoms with Crippen molar-refractivity contribution in [2.75, 3.05) is 51.2 Å². The molecule has 2 aromatic heterocycles. The number of imidazole rings is 1. The lowest BCUT2D eigenvalue weighted by Crippen LogP contribution is -2.51. The standard InChI is InChI=1S/C26H33N5O/c1-19-9-10-22(17-23(19)25-20(2)31-12-5-4-8-24(31)27-25)30-11-6-7-21(18-30)26(32)29-15-13-28(3)14-16-29/h4-5,8-10,12,17,21H,6-7,11,13-16,18H2,1-3H3. The van der Waals surface area contributed by atoms with Gasteiger partial charge in [-0.1, -0.05) is 12.1 Å². The van der Waals surface area contributed by atoms with E-state index in [1.54, 1.807) is 0 Å². The number of nitrogens with zero attached hydrogens (tertiary/aromatic N) is 5. The SMILES string of the molecule is Cc1ccc(N2CCCC(C(=O)N3CCN(C)CC3)C2)cc1-c1nc2ccccn2c1C. The third-order valence-corrected chi connectivity index (χ3v) is 7.20. The molecule has 5 rings (SSSR count). The number of benzene rings is 1. The number of hydrogen-bond acceptors (Lipinski definition) is 4. The number of aromatic nitrogens is 2. The highest BCUT2D eigenvalue weighted by molar-refractivity contribution is 5.80. The van der Waals surface area contributed by atoms with Crippen molar-refractivity contribution >= 4 is 17.2 Å². The summed E-state index contributed by atoms with van der Waals surface area (Å²) in [5, 5.41) is 0. The number of amides is 1. The van der Waals surface area contributed by atoms with Crippen molar-refractivity contribution < 1.29 is 4.79 Å². The lowest BCUT2D eigenvalue weighted by molar-refractivity contribution is -0.137. The minimum Gasteiger partial charge on any atom is -0.371 e. The molecule has 1 amide bonds. The maximum absolute atomic E-state index is 13.2. The van der Waals surface area contributed by atoms with Crippen LogP contribution in [0.3, 0.4) is 0 Å². The predicted molar refractivity (Wildman–Crippen MR) is 129 cm³/mol. The molecule has 0 radical (unpaired) electrons. The average molecular weight is 432 g/mol. The van der Waals surface area contributed by atoms with Gasteiger partial charge in [-0.2, -0.15) is 0 Å². The molecule has 6 heteroatoms. The molecule has 1 aromatic carbocycles. The monoisotopic (exact) mass is 431 g/mol. The minimum atomic E-state index is 0.0915. The summed E-state index contributed by atoms with van der Waals surface area (Å²) >= 11 is 0. The summed E-state index contributed by atoms with van der Waals surface area (Å²) in [5.41, 5.74) is 6.76. The predicted octanol–water partition coefficient (Wildman–Crippen LogP) is 3.61. The Morgan fingerprint density at radius 1 is 1.03 bits per heavy atom. The van der Waals surface area contributed by atoms with Crippen molar-refractivity contribution in [3.8, 4) is 11.3 Å². The fourth-order valence-electron chi connectivity index (χ4n) is 5.13. The summed E-state index contributed by atoms with van der Waals surface area (Å²) in [6.07, 6.45) is 4.12. The van der Waals surface area contributed by atoms with Crippen molar-refractivity contribution in [2.24, 2.45) is 5.92 Å². The summed E-state index contributed by atoms with van der Waals surface area (Å²) in [7, 11) is 2.13. The van der Waals surface area contributed by atoms with E-state index in [1.165, 1.54) is 16.8 Å². The third kappa shape index (κ3) is 3.88. The Labute approximate surface area is 190 Å². The first-order valence-electron chi connectivity index (χ1n) is 11.8. The molecule has 0 bridgehead atoms. The second-order valence-electron chi connectivity index (χ2n) is 9.39. The van der Waals surface area contributed by atoms with Crippen molar-refractivity contribution in [2.45, 2.75) is 26.7 Å². The Morgan fingerprint density at radius 2 is 1.84 bits per heavy atom. The Balaban J connectivity index is 1.39. The largest absolute Gasteiger partial charge is 0.371 e. The van der Waals surface area contributed by atoms with Crippen molar-refractivity contribution in [3.63, 3.8) is 0 Å². The Kier molecular flexibility index (Phi) is 5.64. The van der Waals surface area contributed by atoms with Crippen molar-refractivity contribution in [3.05, 3.63) is 53.9 Å². The van der Waals surface area contributed by atoms with Crippen molar-refractivity contribution in [1.82, 2.24) is 19.2 Å². The first-order valence-corrected chi connectivity index (χ1v) is 11.8. The number of pyridine rings is 1. The van der Waals surface area contributed by atoms with Gasteiger partial charge in [-0.3, -0.25) is 4.79 Å². The molecule has 0 spiro atoms. The van der Waals surface area contributed by atoms with Gasteiger partial charge in [-0.05, 0) is 63.6 Å². The number of hydrogen-bond donors (Lipinski definition) is 0. The minimum absolute atomic E-state index is 0.0915. The number of rotatable bonds is 3. The summed E-state index contributed by atoms with van der Waals surface area (Å²) in [4.78, 5) is 24.9. The Morgan fingerprint density at radius 3 is 2.62 bits per heavy atom. The van der Waals surface area contributed by atoms with E-state index >= 15 is 0 Å². The van der Waals surface area contributed by atoms with Crippen molar-refractivity contribution in [1.29, 1.82) is 0 Å². The first-order chi connectivity index (χ1) is 15.5. The maximum atomic E-state index is 13.2. The van der Waals surface area contributed by atoms with Gasteiger partial charge in [0.05, 0.1) is 11.6 Å². The molecule has 0 aliphatic carbocycles. The van der Waals surface area contributed by atoms with Crippen LogP contribution in [-0.4, -0.2) is 71.4 Å². The highest BCUT2D eigenvalue weighted by Gasteiger charge is 2.31. The van der Waals surface area contributed by atoms with E-state index in [1.807, 2.05) is 12.1 Å².